The zero-order valence-electron chi connectivity index (χ0n) is 17.8. The van der Waals surface area contributed by atoms with Gasteiger partial charge in [0, 0.05) is 18.4 Å². The van der Waals surface area contributed by atoms with Crippen LogP contribution in [0.25, 0.3) is 0 Å². The minimum absolute atomic E-state index is 0.0704. The Morgan fingerprint density at radius 1 is 1.03 bits per heavy atom. The molecule has 9 heteroatoms. The average molecular weight is 448 g/mol. The number of quaternary nitrogens is 1. The first kappa shape index (κ1) is 22.8. The summed E-state index contributed by atoms with van der Waals surface area (Å²) in [7, 11) is 2.10. The van der Waals surface area contributed by atoms with Gasteiger partial charge in [-0.3, -0.25) is 0 Å². The third-order valence-electron chi connectivity index (χ3n) is 6.45. The second kappa shape index (κ2) is 9.22. The summed E-state index contributed by atoms with van der Waals surface area (Å²) in [6.45, 7) is 0.325. The van der Waals surface area contributed by atoms with E-state index in [1.165, 1.54) is 4.90 Å². The predicted octanol–water partition coefficient (Wildman–Crippen LogP) is -1.37. The molecule has 32 heavy (non-hydrogen) atoms. The molecule has 0 aliphatic carbocycles. The standard InChI is InChI=1S/C23H29NO8/c1-24-7-6-13-9-17(27)18(31-23-22(30)21(29)20(28)19(11-25)32-23)10-15(13)16(24)8-12-2-4-14(26)5-3-12/h2-5,9-10,16,19-23,25-30H,6-8,11H2,1H3/p+1/t16?,19-,20-,21+,22-,23-/m1/s1. The number of hydrogen-bond acceptors (Lipinski definition) is 8. The topological polar surface area (TPSA) is 144 Å². The number of rotatable bonds is 5. The van der Waals surface area contributed by atoms with E-state index in [9.17, 15) is 30.6 Å². The van der Waals surface area contributed by atoms with Crippen molar-refractivity contribution < 1.29 is 45.0 Å². The molecule has 7 N–H and O–H groups in total. The Morgan fingerprint density at radius 3 is 2.44 bits per heavy atom. The normalized spacial score (nSPS) is 32.3. The van der Waals surface area contributed by atoms with Crippen molar-refractivity contribution in [1.29, 1.82) is 0 Å². The third-order valence-corrected chi connectivity index (χ3v) is 6.45. The molecule has 0 aromatic heterocycles. The smallest absolute Gasteiger partial charge is 0.229 e. The number of aliphatic hydroxyl groups is 4. The fourth-order valence-electron chi connectivity index (χ4n) is 4.48. The van der Waals surface area contributed by atoms with E-state index >= 15 is 0 Å². The lowest BCUT2D eigenvalue weighted by atomic mass is 9.88. The minimum Gasteiger partial charge on any atom is -0.508 e. The number of ether oxygens (including phenoxy) is 2. The highest BCUT2D eigenvalue weighted by Gasteiger charge is 2.45. The number of aliphatic hydroxyl groups excluding tert-OH is 4. The fraction of sp³-hybridized carbons (Fsp3) is 0.478. The molecule has 7 atom stereocenters. The van der Waals surface area contributed by atoms with Crippen LogP contribution in [0.3, 0.4) is 0 Å². The highest BCUT2D eigenvalue weighted by Crippen LogP contribution is 2.36. The van der Waals surface area contributed by atoms with Crippen molar-refractivity contribution in [3.8, 4) is 17.2 Å². The molecule has 0 amide bonds. The molecule has 9 nitrogen and oxygen atoms in total. The van der Waals surface area contributed by atoms with E-state index in [1.807, 2.05) is 12.1 Å². The van der Waals surface area contributed by atoms with E-state index < -0.39 is 37.3 Å². The van der Waals surface area contributed by atoms with Gasteiger partial charge in [0.1, 0.15) is 36.2 Å². The van der Waals surface area contributed by atoms with E-state index in [1.54, 1.807) is 24.3 Å². The van der Waals surface area contributed by atoms with Crippen LogP contribution in [-0.4, -0.2) is 81.5 Å². The van der Waals surface area contributed by atoms with E-state index in [4.69, 9.17) is 9.47 Å². The van der Waals surface area contributed by atoms with Gasteiger partial charge in [-0.1, -0.05) is 12.1 Å². The Bertz CT molecular complexity index is 934. The van der Waals surface area contributed by atoms with Gasteiger partial charge in [0.15, 0.2) is 11.5 Å². The summed E-state index contributed by atoms with van der Waals surface area (Å²) < 4.78 is 11.1. The largest absolute Gasteiger partial charge is 0.508 e. The summed E-state index contributed by atoms with van der Waals surface area (Å²) in [6.07, 6.45) is -5.61. The lowest BCUT2D eigenvalue weighted by Crippen LogP contribution is -3.10. The second-order valence-corrected chi connectivity index (χ2v) is 8.60. The maximum absolute atomic E-state index is 10.5. The third kappa shape index (κ3) is 4.40. The highest BCUT2D eigenvalue weighted by molar-refractivity contribution is 5.48. The number of nitrogens with one attached hydrogen (secondary N) is 1. The number of benzene rings is 2. The molecule has 0 bridgehead atoms. The average Bonchev–Trinajstić information content (AvgIpc) is 2.78. The molecule has 2 aromatic rings. The highest BCUT2D eigenvalue weighted by atomic mass is 16.7. The van der Waals surface area contributed by atoms with Crippen LogP contribution in [0.2, 0.25) is 0 Å². The van der Waals surface area contributed by atoms with Crippen molar-refractivity contribution >= 4 is 0 Å². The van der Waals surface area contributed by atoms with Gasteiger partial charge < -0.3 is 45.0 Å². The van der Waals surface area contributed by atoms with Gasteiger partial charge in [-0.2, -0.15) is 0 Å². The molecular formula is C23H30NO8+. The maximum Gasteiger partial charge on any atom is 0.229 e. The Morgan fingerprint density at radius 2 is 1.75 bits per heavy atom. The second-order valence-electron chi connectivity index (χ2n) is 8.60. The van der Waals surface area contributed by atoms with Gasteiger partial charge in [-0.05, 0) is 35.4 Å². The van der Waals surface area contributed by atoms with Gasteiger partial charge in [-0.25, -0.2) is 0 Å². The van der Waals surface area contributed by atoms with Gasteiger partial charge in [0.2, 0.25) is 6.29 Å². The number of hydrogen-bond donors (Lipinski definition) is 7. The Balaban J connectivity index is 1.61. The molecule has 174 valence electrons. The van der Waals surface area contributed by atoms with Crippen LogP contribution >= 0.6 is 0 Å². The predicted molar refractivity (Wildman–Crippen MR) is 113 cm³/mol. The van der Waals surface area contributed by atoms with Crippen molar-refractivity contribution in [3.05, 3.63) is 53.1 Å². The SMILES string of the molecule is C[NH+]1CCc2cc(O)c(O[C@@H]3O[C@H](CO)[C@@H](O)[C@H](O)[C@H]3O)cc2C1Cc1ccc(O)cc1. The summed E-state index contributed by atoms with van der Waals surface area (Å²) in [5.41, 5.74) is 3.04. The van der Waals surface area contributed by atoms with Crippen molar-refractivity contribution in [1.82, 2.24) is 0 Å². The molecule has 0 radical (unpaired) electrons. The van der Waals surface area contributed by atoms with Crippen LogP contribution in [0.15, 0.2) is 36.4 Å². The van der Waals surface area contributed by atoms with Gasteiger partial charge >= 0.3 is 0 Å². The molecule has 2 aromatic carbocycles. The summed E-state index contributed by atoms with van der Waals surface area (Å²) >= 11 is 0. The van der Waals surface area contributed by atoms with E-state index in [2.05, 4.69) is 7.05 Å². The van der Waals surface area contributed by atoms with Crippen molar-refractivity contribution in [3.63, 3.8) is 0 Å². The maximum atomic E-state index is 10.5. The Labute approximate surface area is 185 Å². The van der Waals surface area contributed by atoms with E-state index in [0.29, 0.717) is 6.42 Å². The first-order valence-corrected chi connectivity index (χ1v) is 10.7. The van der Waals surface area contributed by atoms with Crippen LogP contribution in [-0.2, 0) is 17.6 Å². The summed E-state index contributed by atoms with van der Waals surface area (Å²) in [6, 6.07) is 10.5. The molecule has 4 rings (SSSR count). The number of aromatic hydroxyl groups is 2. The molecule has 0 spiro atoms. The van der Waals surface area contributed by atoms with E-state index in [0.717, 1.165) is 29.7 Å². The molecule has 0 saturated carbocycles. The van der Waals surface area contributed by atoms with Gasteiger partial charge in [-0.15, -0.1) is 0 Å². The van der Waals surface area contributed by atoms with E-state index in [-0.39, 0.29) is 23.3 Å². The van der Waals surface area contributed by atoms with Crippen LogP contribution in [0.4, 0.5) is 0 Å². The lowest BCUT2D eigenvalue weighted by Gasteiger charge is -2.39. The molecule has 2 heterocycles. The summed E-state index contributed by atoms with van der Waals surface area (Å²) in [5.74, 6) is 0.167. The minimum atomic E-state index is -1.57. The van der Waals surface area contributed by atoms with Crippen molar-refractivity contribution in [2.75, 3.05) is 20.2 Å². The first-order chi connectivity index (χ1) is 15.3. The molecule has 1 saturated heterocycles. The van der Waals surface area contributed by atoms with Gasteiger partial charge in [0.05, 0.1) is 20.2 Å². The monoisotopic (exact) mass is 448 g/mol. The Hall–Kier alpha value is -2.40. The molecule has 2 unspecified atom stereocenters. The molecule has 2 aliphatic rings. The first-order valence-electron chi connectivity index (χ1n) is 10.7. The number of phenols is 2. The van der Waals surface area contributed by atoms with Crippen LogP contribution < -0.4 is 9.64 Å². The molecule has 2 aliphatic heterocycles. The van der Waals surface area contributed by atoms with Crippen LogP contribution in [0.5, 0.6) is 17.2 Å². The van der Waals surface area contributed by atoms with Crippen LogP contribution in [0.1, 0.15) is 22.7 Å². The molecule has 1 fully saturated rings. The zero-order valence-corrected chi connectivity index (χ0v) is 17.8. The van der Waals surface area contributed by atoms with Gasteiger partial charge in [0.25, 0.3) is 0 Å². The number of phenolic OH excluding ortho intramolecular Hbond substituents is 2. The zero-order chi connectivity index (χ0) is 23.0. The van der Waals surface area contributed by atoms with Crippen LogP contribution in [0, 0.1) is 0 Å². The van der Waals surface area contributed by atoms with Crippen molar-refractivity contribution in [2.45, 2.75) is 49.6 Å². The Kier molecular flexibility index (Phi) is 6.57. The quantitative estimate of drug-likeness (QED) is 0.297. The number of fused-ring (bicyclic) bond motifs is 1. The number of likely N-dealkylation sites (N-methyl/N-ethyl adjacent to an activating group) is 1. The summed E-state index contributed by atoms with van der Waals surface area (Å²) in [4.78, 5) is 1.29. The fourth-order valence-corrected chi connectivity index (χ4v) is 4.48. The van der Waals surface area contributed by atoms with Crippen molar-refractivity contribution in [2.24, 2.45) is 0 Å². The summed E-state index contributed by atoms with van der Waals surface area (Å²) in [5, 5.41) is 59.7. The molecular weight excluding hydrogens is 418 g/mol. The lowest BCUT2D eigenvalue weighted by molar-refractivity contribution is -0.914.